The second-order valence-electron chi connectivity index (χ2n) is 5.35. The SMILES string of the molecule is CS(=O)(=O)Nc1cc(Cl)cc(NC(=O)c2cc3ccc(F)cc3s2)c1. The molecule has 0 saturated heterocycles. The topological polar surface area (TPSA) is 75.3 Å². The summed E-state index contributed by atoms with van der Waals surface area (Å²) in [5.41, 5.74) is 0.580. The van der Waals surface area contributed by atoms with E-state index in [1.807, 2.05) is 0 Å². The van der Waals surface area contributed by atoms with Crippen molar-refractivity contribution in [2.75, 3.05) is 16.3 Å². The zero-order valence-corrected chi connectivity index (χ0v) is 15.2. The number of fused-ring (bicyclic) bond motifs is 1. The minimum atomic E-state index is -3.47. The summed E-state index contributed by atoms with van der Waals surface area (Å²) in [7, 11) is -3.47. The summed E-state index contributed by atoms with van der Waals surface area (Å²) in [6.07, 6.45) is 1.02. The lowest BCUT2D eigenvalue weighted by molar-refractivity contribution is 0.103. The van der Waals surface area contributed by atoms with Gasteiger partial charge in [0.1, 0.15) is 5.82 Å². The second-order valence-corrected chi connectivity index (χ2v) is 8.62. The van der Waals surface area contributed by atoms with Crippen LogP contribution in [-0.2, 0) is 10.0 Å². The molecule has 0 aliphatic rings. The van der Waals surface area contributed by atoms with E-state index in [2.05, 4.69) is 10.0 Å². The van der Waals surface area contributed by atoms with Crippen molar-refractivity contribution in [2.45, 2.75) is 0 Å². The number of amides is 1. The first kappa shape index (κ1) is 17.7. The van der Waals surface area contributed by atoms with Crippen LogP contribution < -0.4 is 10.0 Å². The minimum Gasteiger partial charge on any atom is -0.321 e. The summed E-state index contributed by atoms with van der Waals surface area (Å²) < 4.78 is 38.9. The van der Waals surface area contributed by atoms with Crippen molar-refractivity contribution in [3.63, 3.8) is 0 Å². The molecule has 9 heteroatoms. The fourth-order valence-corrected chi connectivity index (χ4v) is 4.01. The molecule has 3 rings (SSSR count). The highest BCUT2D eigenvalue weighted by Gasteiger charge is 2.12. The Balaban J connectivity index is 1.86. The van der Waals surface area contributed by atoms with E-state index in [1.54, 1.807) is 12.1 Å². The molecule has 0 aliphatic heterocycles. The van der Waals surface area contributed by atoms with Gasteiger partial charge in [-0.3, -0.25) is 9.52 Å². The number of carbonyl (C=O) groups excluding carboxylic acids is 1. The van der Waals surface area contributed by atoms with Gasteiger partial charge in [-0.15, -0.1) is 11.3 Å². The average Bonchev–Trinajstić information content (AvgIpc) is 2.87. The number of halogens is 2. The van der Waals surface area contributed by atoms with Gasteiger partial charge in [0, 0.05) is 15.4 Å². The number of carbonyl (C=O) groups is 1. The van der Waals surface area contributed by atoms with Crippen molar-refractivity contribution in [1.82, 2.24) is 0 Å². The predicted octanol–water partition coefficient (Wildman–Crippen LogP) is 4.32. The maximum absolute atomic E-state index is 13.3. The smallest absolute Gasteiger partial charge is 0.265 e. The monoisotopic (exact) mass is 398 g/mol. The lowest BCUT2D eigenvalue weighted by Crippen LogP contribution is -2.12. The molecule has 1 amide bonds. The summed E-state index contributed by atoms with van der Waals surface area (Å²) in [4.78, 5) is 12.8. The molecule has 0 bridgehead atoms. The number of hydrogen-bond acceptors (Lipinski definition) is 4. The first-order chi connectivity index (χ1) is 11.7. The molecule has 1 heterocycles. The maximum Gasteiger partial charge on any atom is 0.265 e. The molecule has 3 aromatic rings. The fraction of sp³-hybridized carbons (Fsp3) is 0.0625. The quantitative estimate of drug-likeness (QED) is 0.687. The van der Waals surface area contributed by atoms with Gasteiger partial charge in [-0.25, -0.2) is 12.8 Å². The van der Waals surface area contributed by atoms with Crippen molar-refractivity contribution < 1.29 is 17.6 Å². The first-order valence-electron chi connectivity index (χ1n) is 6.98. The molecule has 0 spiro atoms. The van der Waals surface area contributed by atoms with Crippen LogP contribution in [0.2, 0.25) is 5.02 Å². The van der Waals surface area contributed by atoms with Crippen LogP contribution in [0.5, 0.6) is 0 Å². The van der Waals surface area contributed by atoms with Gasteiger partial charge in [-0.2, -0.15) is 0 Å². The number of rotatable bonds is 4. The van der Waals surface area contributed by atoms with E-state index < -0.39 is 15.9 Å². The Morgan fingerprint density at radius 1 is 1.12 bits per heavy atom. The first-order valence-corrected chi connectivity index (χ1v) is 10.1. The second kappa shape index (κ2) is 6.62. The molecule has 0 radical (unpaired) electrons. The number of benzene rings is 2. The van der Waals surface area contributed by atoms with Crippen LogP contribution in [0.3, 0.4) is 0 Å². The van der Waals surface area contributed by atoms with E-state index in [9.17, 15) is 17.6 Å². The minimum absolute atomic E-state index is 0.240. The lowest BCUT2D eigenvalue weighted by Gasteiger charge is -2.09. The van der Waals surface area contributed by atoms with E-state index in [1.165, 1.54) is 30.3 Å². The molecule has 0 saturated carbocycles. The van der Waals surface area contributed by atoms with Gasteiger partial charge in [0.15, 0.2) is 0 Å². The number of nitrogens with one attached hydrogen (secondary N) is 2. The van der Waals surface area contributed by atoms with E-state index in [-0.39, 0.29) is 16.5 Å². The van der Waals surface area contributed by atoms with Crippen LogP contribution in [0.4, 0.5) is 15.8 Å². The van der Waals surface area contributed by atoms with Crippen LogP contribution in [0.15, 0.2) is 42.5 Å². The Bertz CT molecular complexity index is 1080. The Kier molecular flexibility index (Phi) is 4.68. The highest BCUT2D eigenvalue weighted by molar-refractivity contribution is 7.92. The summed E-state index contributed by atoms with van der Waals surface area (Å²) >= 11 is 7.13. The van der Waals surface area contributed by atoms with E-state index in [0.717, 1.165) is 23.0 Å². The number of thiophene rings is 1. The van der Waals surface area contributed by atoms with Gasteiger partial charge in [0.25, 0.3) is 5.91 Å². The molecule has 0 fully saturated rings. The zero-order chi connectivity index (χ0) is 18.2. The number of hydrogen-bond donors (Lipinski definition) is 2. The van der Waals surface area contributed by atoms with Gasteiger partial charge in [0.05, 0.1) is 16.8 Å². The van der Waals surface area contributed by atoms with Crippen molar-refractivity contribution >= 4 is 60.3 Å². The highest BCUT2D eigenvalue weighted by Crippen LogP contribution is 2.28. The molecular formula is C16H12ClFN2O3S2. The Hall–Kier alpha value is -2.16. The predicted molar refractivity (Wildman–Crippen MR) is 99.7 cm³/mol. The van der Waals surface area contributed by atoms with Gasteiger partial charge >= 0.3 is 0 Å². The maximum atomic E-state index is 13.3. The van der Waals surface area contributed by atoms with E-state index >= 15 is 0 Å². The third kappa shape index (κ3) is 4.47. The van der Waals surface area contributed by atoms with Gasteiger partial charge in [-0.05, 0) is 41.8 Å². The molecular weight excluding hydrogens is 387 g/mol. The standard InChI is InChI=1S/C16H12ClFN2O3S2/c1-25(22,23)20-13-6-10(17)5-12(8-13)19-16(21)15-4-9-2-3-11(18)7-14(9)24-15/h2-8,20H,1H3,(H,19,21). The zero-order valence-electron chi connectivity index (χ0n) is 12.8. The summed E-state index contributed by atoms with van der Waals surface area (Å²) in [5, 5.41) is 3.69. The average molecular weight is 399 g/mol. The molecule has 0 aliphatic carbocycles. The summed E-state index contributed by atoms with van der Waals surface area (Å²) in [6.45, 7) is 0. The third-order valence-electron chi connectivity index (χ3n) is 3.16. The Morgan fingerprint density at radius 2 is 1.84 bits per heavy atom. The van der Waals surface area contributed by atoms with Crippen molar-refractivity contribution in [3.05, 3.63) is 58.2 Å². The van der Waals surface area contributed by atoms with E-state index in [4.69, 9.17) is 11.6 Å². The van der Waals surface area contributed by atoms with Crippen LogP contribution in [-0.4, -0.2) is 20.6 Å². The van der Waals surface area contributed by atoms with Crippen molar-refractivity contribution in [2.24, 2.45) is 0 Å². The van der Waals surface area contributed by atoms with Gasteiger partial charge < -0.3 is 5.32 Å². The molecule has 0 unspecified atom stereocenters. The number of sulfonamides is 1. The van der Waals surface area contributed by atoms with Crippen LogP contribution >= 0.6 is 22.9 Å². The fourth-order valence-electron chi connectivity index (χ4n) is 2.24. The Morgan fingerprint density at radius 3 is 2.56 bits per heavy atom. The normalized spacial score (nSPS) is 11.5. The molecule has 2 aromatic carbocycles. The van der Waals surface area contributed by atoms with Crippen molar-refractivity contribution in [1.29, 1.82) is 0 Å². The largest absolute Gasteiger partial charge is 0.321 e. The number of anilines is 2. The highest BCUT2D eigenvalue weighted by atomic mass is 35.5. The van der Waals surface area contributed by atoms with Crippen LogP contribution in [0, 0.1) is 5.82 Å². The van der Waals surface area contributed by atoms with E-state index in [0.29, 0.717) is 15.3 Å². The molecule has 5 nitrogen and oxygen atoms in total. The molecule has 25 heavy (non-hydrogen) atoms. The molecule has 1 aromatic heterocycles. The van der Waals surface area contributed by atoms with Crippen LogP contribution in [0.25, 0.3) is 10.1 Å². The summed E-state index contributed by atoms with van der Waals surface area (Å²) in [5.74, 6) is -0.762. The summed E-state index contributed by atoms with van der Waals surface area (Å²) in [6, 6.07) is 10.3. The lowest BCUT2D eigenvalue weighted by atomic mass is 10.2. The Labute approximate surface area is 152 Å². The molecule has 0 atom stereocenters. The van der Waals surface area contributed by atoms with Crippen LogP contribution in [0.1, 0.15) is 9.67 Å². The molecule has 130 valence electrons. The van der Waals surface area contributed by atoms with Gasteiger partial charge in [-0.1, -0.05) is 17.7 Å². The molecule has 2 N–H and O–H groups in total. The van der Waals surface area contributed by atoms with Gasteiger partial charge in [0.2, 0.25) is 10.0 Å². The third-order valence-corrected chi connectivity index (χ3v) is 5.09. The van der Waals surface area contributed by atoms with Crippen molar-refractivity contribution in [3.8, 4) is 0 Å².